The molecule has 3 aliphatic heterocycles. The Morgan fingerprint density at radius 3 is 2.92 bits per heavy atom. The largest absolute Gasteiger partial charge is 0.381 e. The summed E-state index contributed by atoms with van der Waals surface area (Å²) in [7, 11) is 0. The fourth-order valence-electron chi connectivity index (χ4n) is 4.97. The van der Waals surface area contributed by atoms with Crippen molar-refractivity contribution >= 4 is 17.5 Å². The van der Waals surface area contributed by atoms with Gasteiger partial charge in [0.15, 0.2) is 0 Å². The number of ether oxygens (including phenoxy) is 2. The number of nitrogens with zero attached hydrogens (tertiary/aromatic N) is 2. The molecule has 5 atom stereocenters. The first-order valence-corrected chi connectivity index (χ1v) is 9.39. The van der Waals surface area contributed by atoms with Gasteiger partial charge in [-0.1, -0.05) is 0 Å². The Bertz CT molecular complexity index is 717. The van der Waals surface area contributed by atoms with Gasteiger partial charge in [-0.25, -0.2) is 0 Å². The molecule has 0 aromatic carbocycles. The number of carbonyl (C=O) groups is 2. The van der Waals surface area contributed by atoms with Crippen LogP contribution in [0.15, 0.2) is 24.5 Å². The van der Waals surface area contributed by atoms with Crippen LogP contribution in [0.4, 0.5) is 5.69 Å². The van der Waals surface area contributed by atoms with Gasteiger partial charge in [0.25, 0.3) is 0 Å². The number of carbonyl (C=O) groups excluding carboxylic acids is 2. The van der Waals surface area contributed by atoms with Crippen LogP contribution in [0.1, 0.15) is 12.8 Å². The highest BCUT2D eigenvalue weighted by Crippen LogP contribution is 2.52. The molecule has 4 fully saturated rings. The van der Waals surface area contributed by atoms with Crippen LogP contribution in [0.25, 0.3) is 0 Å². The number of pyridine rings is 1. The molecule has 4 aliphatic rings. The Kier molecular flexibility index (Phi) is 3.76. The van der Waals surface area contributed by atoms with Gasteiger partial charge in [0.05, 0.1) is 36.6 Å². The second-order valence-corrected chi connectivity index (χ2v) is 7.90. The summed E-state index contributed by atoms with van der Waals surface area (Å²) in [5.41, 5.74) is 0.0133. The highest BCUT2D eigenvalue weighted by molar-refractivity contribution is 5.96. The predicted molar refractivity (Wildman–Crippen MR) is 92.1 cm³/mol. The molecule has 5 rings (SSSR count). The predicted octanol–water partition coefficient (Wildman–Crippen LogP) is 0.920. The number of piperidine rings is 1. The molecule has 1 aromatic rings. The minimum atomic E-state index is -0.662. The molecule has 4 heterocycles. The Labute approximate surface area is 152 Å². The maximum absolute atomic E-state index is 13.1. The van der Waals surface area contributed by atoms with Gasteiger partial charge >= 0.3 is 0 Å². The van der Waals surface area contributed by atoms with Crippen LogP contribution in [-0.2, 0) is 19.1 Å². The van der Waals surface area contributed by atoms with Gasteiger partial charge in [0.2, 0.25) is 11.8 Å². The van der Waals surface area contributed by atoms with Crippen LogP contribution >= 0.6 is 0 Å². The lowest BCUT2D eigenvalue weighted by atomic mass is 9.75. The van der Waals surface area contributed by atoms with Gasteiger partial charge in [0.1, 0.15) is 0 Å². The SMILES string of the molecule is O=C(C1[C@H]2COC[C@@H]12)N1CC[C@H]2OCC[C@@]2(C(=O)Nc2cccnc2)C1. The Balaban J connectivity index is 1.33. The number of anilines is 1. The number of amides is 2. The zero-order valence-corrected chi connectivity index (χ0v) is 14.6. The lowest BCUT2D eigenvalue weighted by Gasteiger charge is -2.42. The fraction of sp³-hybridized carbons (Fsp3) is 0.632. The number of hydrogen-bond acceptors (Lipinski definition) is 5. The zero-order valence-electron chi connectivity index (χ0n) is 14.6. The van der Waals surface area contributed by atoms with E-state index in [4.69, 9.17) is 9.47 Å². The molecule has 1 saturated carbocycles. The average Bonchev–Trinajstić information content (AvgIpc) is 3.03. The van der Waals surface area contributed by atoms with Crippen LogP contribution < -0.4 is 5.32 Å². The molecular formula is C19H23N3O4. The molecule has 1 unspecified atom stereocenters. The molecule has 7 heteroatoms. The van der Waals surface area contributed by atoms with Gasteiger partial charge < -0.3 is 19.7 Å². The van der Waals surface area contributed by atoms with Gasteiger partial charge in [0, 0.05) is 31.8 Å². The number of hydrogen-bond donors (Lipinski definition) is 1. The van der Waals surface area contributed by atoms with E-state index in [1.165, 1.54) is 0 Å². The van der Waals surface area contributed by atoms with E-state index < -0.39 is 5.41 Å². The van der Waals surface area contributed by atoms with Crippen molar-refractivity contribution < 1.29 is 19.1 Å². The molecule has 3 saturated heterocycles. The molecule has 0 bridgehead atoms. The Morgan fingerprint density at radius 2 is 2.15 bits per heavy atom. The van der Waals surface area contributed by atoms with Crippen molar-refractivity contribution in [3.8, 4) is 0 Å². The zero-order chi connectivity index (χ0) is 17.7. The van der Waals surface area contributed by atoms with Crippen LogP contribution in [0.3, 0.4) is 0 Å². The highest BCUT2D eigenvalue weighted by atomic mass is 16.5. The maximum Gasteiger partial charge on any atom is 0.235 e. The van der Waals surface area contributed by atoms with Crippen LogP contribution in [0.2, 0.25) is 0 Å². The van der Waals surface area contributed by atoms with Crippen molar-refractivity contribution in [3.05, 3.63) is 24.5 Å². The molecule has 26 heavy (non-hydrogen) atoms. The number of likely N-dealkylation sites (tertiary alicyclic amines) is 1. The topological polar surface area (TPSA) is 80.8 Å². The van der Waals surface area contributed by atoms with Crippen molar-refractivity contribution in [2.75, 3.05) is 38.2 Å². The van der Waals surface area contributed by atoms with Gasteiger partial charge in [-0.15, -0.1) is 0 Å². The van der Waals surface area contributed by atoms with E-state index in [1.54, 1.807) is 18.5 Å². The number of fused-ring (bicyclic) bond motifs is 2. The van der Waals surface area contributed by atoms with Crippen LogP contribution in [0.5, 0.6) is 0 Å². The van der Waals surface area contributed by atoms with Crippen molar-refractivity contribution in [1.29, 1.82) is 0 Å². The summed E-state index contributed by atoms with van der Waals surface area (Å²) >= 11 is 0. The minimum absolute atomic E-state index is 0.0650. The van der Waals surface area contributed by atoms with E-state index >= 15 is 0 Å². The number of aromatic nitrogens is 1. The molecule has 1 aromatic heterocycles. The molecule has 0 spiro atoms. The summed E-state index contributed by atoms with van der Waals surface area (Å²) in [6, 6.07) is 3.62. The molecule has 2 amide bonds. The normalized spacial score (nSPS) is 37.8. The van der Waals surface area contributed by atoms with Crippen molar-refractivity contribution in [1.82, 2.24) is 9.88 Å². The smallest absolute Gasteiger partial charge is 0.235 e. The Hall–Kier alpha value is -1.99. The maximum atomic E-state index is 13.1. The standard InChI is InChI=1S/C19H23N3O4/c23-17(16-13-9-25-10-14(13)16)22-6-3-15-19(11-22,4-7-26-15)18(24)21-12-2-1-5-20-8-12/h1-2,5,8,13-16H,3-4,6-7,9-11H2,(H,21,24)/t13-,14+,15-,16?,19-/m1/s1. The van der Waals surface area contributed by atoms with Crippen molar-refractivity contribution in [2.24, 2.45) is 23.2 Å². The lowest BCUT2D eigenvalue weighted by Crippen LogP contribution is -2.57. The first-order chi connectivity index (χ1) is 12.7. The van der Waals surface area contributed by atoms with E-state index in [9.17, 15) is 9.59 Å². The van der Waals surface area contributed by atoms with E-state index in [1.807, 2.05) is 11.0 Å². The summed E-state index contributed by atoms with van der Waals surface area (Å²) in [6.07, 6.45) is 4.55. The Morgan fingerprint density at radius 1 is 1.31 bits per heavy atom. The lowest BCUT2D eigenvalue weighted by molar-refractivity contribution is -0.145. The molecule has 138 valence electrons. The average molecular weight is 357 g/mol. The summed E-state index contributed by atoms with van der Waals surface area (Å²) in [5.74, 6) is 1.01. The quantitative estimate of drug-likeness (QED) is 0.870. The first-order valence-electron chi connectivity index (χ1n) is 9.39. The van der Waals surface area contributed by atoms with Gasteiger partial charge in [-0.2, -0.15) is 0 Å². The summed E-state index contributed by atoms with van der Waals surface area (Å²) in [4.78, 5) is 32.1. The van der Waals surface area contributed by atoms with Crippen molar-refractivity contribution in [3.63, 3.8) is 0 Å². The monoisotopic (exact) mass is 357 g/mol. The summed E-state index contributed by atoms with van der Waals surface area (Å²) in [6.45, 7) is 3.08. The molecule has 1 aliphatic carbocycles. The van der Waals surface area contributed by atoms with E-state index in [2.05, 4.69) is 10.3 Å². The molecular weight excluding hydrogens is 334 g/mol. The highest BCUT2D eigenvalue weighted by Gasteiger charge is 2.61. The third kappa shape index (κ3) is 2.45. The van der Waals surface area contributed by atoms with Gasteiger partial charge in [-0.3, -0.25) is 14.6 Å². The summed E-state index contributed by atoms with van der Waals surface area (Å²) in [5, 5.41) is 2.98. The van der Waals surface area contributed by atoms with Crippen LogP contribution in [0, 0.1) is 23.2 Å². The molecule has 0 radical (unpaired) electrons. The third-order valence-corrected chi connectivity index (χ3v) is 6.54. The van der Waals surface area contributed by atoms with E-state index in [-0.39, 0.29) is 23.8 Å². The third-order valence-electron chi connectivity index (χ3n) is 6.54. The van der Waals surface area contributed by atoms with Gasteiger partial charge in [-0.05, 0) is 36.8 Å². The number of nitrogens with one attached hydrogen (secondary N) is 1. The molecule has 7 nitrogen and oxygen atoms in total. The second kappa shape index (κ2) is 6.03. The summed E-state index contributed by atoms with van der Waals surface area (Å²) < 4.78 is 11.3. The minimum Gasteiger partial charge on any atom is -0.381 e. The second-order valence-electron chi connectivity index (χ2n) is 7.90. The first kappa shape index (κ1) is 16.2. The molecule has 1 N–H and O–H groups in total. The number of rotatable bonds is 3. The van der Waals surface area contributed by atoms with E-state index in [0.717, 1.165) is 0 Å². The van der Waals surface area contributed by atoms with Crippen LogP contribution in [-0.4, -0.2) is 60.7 Å². The fourth-order valence-corrected chi connectivity index (χ4v) is 4.97. The van der Waals surface area contributed by atoms with Crippen molar-refractivity contribution in [2.45, 2.75) is 18.9 Å². The van der Waals surface area contributed by atoms with E-state index in [0.29, 0.717) is 63.3 Å².